The van der Waals surface area contributed by atoms with Gasteiger partial charge >= 0.3 is 0 Å². The third-order valence-corrected chi connectivity index (χ3v) is 2.22. The normalized spacial score (nSPS) is 10.4. The minimum absolute atomic E-state index is 0.0841. The Morgan fingerprint density at radius 2 is 1.95 bits per heavy atom. The molecule has 0 spiro atoms. The summed E-state index contributed by atoms with van der Waals surface area (Å²) in [6.07, 6.45) is 4.76. The van der Waals surface area contributed by atoms with Crippen LogP contribution in [0, 0.1) is 6.92 Å². The number of benzene rings is 1. The van der Waals surface area contributed by atoms with Gasteiger partial charge in [-0.25, -0.2) is 4.98 Å². The fourth-order valence-electron chi connectivity index (χ4n) is 1.39. The van der Waals surface area contributed by atoms with E-state index in [1.807, 2.05) is 19.1 Å². The molecule has 0 saturated carbocycles. The summed E-state index contributed by atoms with van der Waals surface area (Å²) in [6.45, 7) is 1.85. The third-order valence-electron chi connectivity index (χ3n) is 2.22. The van der Waals surface area contributed by atoms with Crippen molar-refractivity contribution in [2.75, 3.05) is 0 Å². The molecule has 20 heavy (non-hydrogen) atoms. The number of hydrogen-bond donors (Lipinski definition) is 2. The topological polar surface area (TPSA) is 112 Å². The molecule has 0 amide bonds. The molecule has 0 aliphatic rings. The summed E-state index contributed by atoms with van der Waals surface area (Å²) < 4.78 is 5.57. The van der Waals surface area contributed by atoms with E-state index in [0.29, 0.717) is 11.6 Å². The third kappa shape index (κ3) is 4.05. The Morgan fingerprint density at radius 1 is 1.20 bits per heavy atom. The Morgan fingerprint density at radius 3 is 2.60 bits per heavy atom. The summed E-state index contributed by atoms with van der Waals surface area (Å²) in [5, 5.41) is 7.23. The van der Waals surface area contributed by atoms with Crippen molar-refractivity contribution in [1.82, 2.24) is 9.97 Å². The van der Waals surface area contributed by atoms with Gasteiger partial charge in [-0.15, -0.1) is 5.10 Å². The van der Waals surface area contributed by atoms with Crippen molar-refractivity contribution in [2.24, 2.45) is 21.7 Å². The van der Waals surface area contributed by atoms with Crippen LogP contribution < -0.4 is 16.2 Å². The molecule has 2 aromatic rings. The zero-order chi connectivity index (χ0) is 14.4. The summed E-state index contributed by atoms with van der Waals surface area (Å²) in [4.78, 5) is 8.21. The van der Waals surface area contributed by atoms with Crippen molar-refractivity contribution < 1.29 is 4.74 Å². The van der Waals surface area contributed by atoms with E-state index in [2.05, 4.69) is 20.2 Å². The lowest BCUT2D eigenvalue weighted by atomic mass is 10.2. The van der Waals surface area contributed by atoms with Crippen LogP contribution in [0.2, 0.25) is 0 Å². The maximum absolute atomic E-state index is 5.57. The Kier molecular flexibility index (Phi) is 4.23. The molecule has 0 aliphatic heterocycles. The van der Waals surface area contributed by atoms with Crippen molar-refractivity contribution >= 4 is 12.2 Å². The molecule has 1 aromatic carbocycles. The summed E-state index contributed by atoms with van der Waals surface area (Å²) in [5.74, 6) is 1.02. The number of rotatable bonds is 4. The molecule has 1 heterocycles. The quantitative estimate of drug-likeness (QED) is 0.492. The van der Waals surface area contributed by atoms with Crippen LogP contribution >= 0.6 is 0 Å². The molecule has 0 radical (unpaired) electrons. The van der Waals surface area contributed by atoms with Crippen LogP contribution in [-0.2, 0) is 0 Å². The Balaban J connectivity index is 2.05. The van der Waals surface area contributed by atoms with Crippen LogP contribution in [-0.4, -0.2) is 22.1 Å². The van der Waals surface area contributed by atoms with Gasteiger partial charge in [-0.1, -0.05) is 0 Å². The second kappa shape index (κ2) is 6.28. The van der Waals surface area contributed by atoms with Crippen LogP contribution in [0.1, 0.15) is 11.3 Å². The number of nitrogens with zero attached hydrogens (tertiary/aromatic N) is 4. The minimum atomic E-state index is -0.0841. The zero-order valence-corrected chi connectivity index (χ0v) is 10.9. The highest BCUT2D eigenvalue weighted by Crippen LogP contribution is 2.18. The summed E-state index contributed by atoms with van der Waals surface area (Å²) in [5.41, 5.74) is 12.0. The molecule has 0 saturated heterocycles. The molecule has 0 fully saturated rings. The first-order chi connectivity index (χ1) is 9.63. The molecule has 0 bridgehead atoms. The molecule has 7 heteroatoms. The maximum atomic E-state index is 5.57. The Bertz CT molecular complexity index is 632. The van der Waals surface area contributed by atoms with E-state index < -0.39 is 0 Å². The minimum Gasteiger partial charge on any atom is -0.437 e. The average Bonchev–Trinajstić information content (AvgIpc) is 2.40. The van der Waals surface area contributed by atoms with Crippen LogP contribution in [0.15, 0.2) is 46.9 Å². The zero-order valence-electron chi connectivity index (χ0n) is 10.9. The van der Waals surface area contributed by atoms with Crippen LogP contribution in [0.4, 0.5) is 0 Å². The van der Waals surface area contributed by atoms with Gasteiger partial charge in [0.2, 0.25) is 11.8 Å². The van der Waals surface area contributed by atoms with Crippen LogP contribution in [0.3, 0.4) is 0 Å². The highest BCUT2D eigenvalue weighted by Gasteiger charge is 1.99. The molecular weight excluding hydrogens is 256 g/mol. The monoisotopic (exact) mass is 270 g/mol. The number of guanidine groups is 1. The van der Waals surface area contributed by atoms with Crippen molar-refractivity contribution in [2.45, 2.75) is 6.92 Å². The molecule has 0 unspecified atom stereocenters. The number of aryl methyl sites for hydroxylation is 1. The molecule has 1 aromatic heterocycles. The first-order valence-electron chi connectivity index (χ1n) is 5.82. The highest BCUT2D eigenvalue weighted by molar-refractivity contribution is 5.81. The summed E-state index contributed by atoms with van der Waals surface area (Å²) in [6, 6.07) is 7.23. The van der Waals surface area contributed by atoms with E-state index in [9.17, 15) is 0 Å². The van der Waals surface area contributed by atoms with Gasteiger partial charge in [0.15, 0.2) is 0 Å². The number of hydrogen-bond acceptors (Lipinski definition) is 5. The molecule has 2 rings (SSSR count). The smallest absolute Gasteiger partial charge is 0.238 e. The van der Waals surface area contributed by atoms with Crippen molar-refractivity contribution in [3.8, 4) is 11.6 Å². The van der Waals surface area contributed by atoms with Crippen molar-refractivity contribution in [3.05, 3.63) is 47.9 Å². The fourth-order valence-corrected chi connectivity index (χ4v) is 1.39. The maximum Gasteiger partial charge on any atom is 0.238 e. The first kappa shape index (κ1) is 13.5. The Labute approximate surface area is 116 Å². The van der Waals surface area contributed by atoms with Gasteiger partial charge in [0.25, 0.3) is 0 Å². The second-order valence-electron chi connectivity index (χ2n) is 3.94. The predicted molar refractivity (Wildman–Crippen MR) is 76.7 cm³/mol. The van der Waals surface area contributed by atoms with E-state index in [4.69, 9.17) is 16.2 Å². The van der Waals surface area contributed by atoms with E-state index in [0.717, 1.165) is 11.3 Å². The fraction of sp³-hybridized carbons (Fsp3) is 0.0769. The van der Waals surface area contributed by atoms with Crippen molar-refractivity contribution in [3.63, 3.8) is 0 Å². The predicted octanol–water partition coefficient (Wildman–Crippen LogP) is 1.18. The van der Waals surface area contributed by atoms with Gasteiger partial charge in [0.05, 0.1) is 18.1 Å². The van der Waals surface area contributed by atoms with Crippen LogP contribution in [0.25, 0.3) is 0 Å². The van der Waals surface area contributed by atoms with E-state index in [1.54, 1.807) is 24.5 Å². The van der Waals surface area contributed by atoms with E-state index in [-0.39, 0.29) is 5.96 Å². The van der Waals surface area contributed by atoms with Crippen LogP contribution in [0.5, 0.6) is 11.6 Å². The van der Waals surface area contributed by atoms with Gasteiger partial charge in [0.1, 0.15) is 5.75 Å². The first-order valence-corrected chi connectivity index (χ1v) is 5.82. The lowest BCUT2D eigenvalue weighted by molar-refractivity contribution is 0.458. The standard InChI is InChI=1S/C13H14N6O/c1-9-6-16-8-12(18-9)20-11-4-2-10(3-5-11)7-17-19-13(14)15/h2-8H,1H3,(H4,14,15,19). The number of aromatic nitrogens is 2. The molecule has 7 nitrogen and oxygen atoms in total. The largest absolute Gasteiger partial charge is 0.437 e. The van der Waals surface area contributed by atoms with Gasteiger partial charge in [0, 0.05) is 6.20 Å². The molecular formula is C13H14N6O. The summed E-state index contributed by atoms with van der Waals surface area (Å²) in [7, 11) is 0. The highest BCUT2D eigenvalue weighted by atomic mass is 16.5. The van der Waals surface area contributed by atoms with Gasteiger partial charge < -0.3 is 16.2 Å². The van der Waals surface area contributed by atoms with E-state index >= 15 is 0 Å². The number of nitrogens with two attached hydrogens (primary N) is 2. The van der Waals surface area contributed by atoms with E-state index in [1.165, 1.54) is 6.21 Å². The second-order valence-corrected chi connectivity index (χ2v) is 3.94. The molecule has 4 N–H and O–H groups in total. The van der Waals surface area contributed by atoms with Gasteiger partial charge in [-0.2, -0.15) is 5.10 Å². The lowest BCUT2D eigenvalue weighted by Gasteiger charge is -2.04. The summed E-state index contributed by atoms with van der Waals surface area (Å²) >= 11 is 0. The SMILES string of the molecule is Cc1cncc(Oc2ccc(C=NN=C(N)N)cc2)n1. The number of ether oxygens (including phenoxy) is 1. The lowest BCUT2D eigenvalue weighted by Crippen LogP contribution is -2.21. The van der Waals surface area contributed by atoms with Gasteiger partial charge in [-0.3, -0.25) is 4.98 Å². The van der Waals surface area contributed by atoms with Gasteiger partial charge in [-0.05, 0) is 36.8 Å². The average molecular weight is 270 g/mol. The molecule has 102 valence electrons. The van der Waals surface area contributed by atoms with Crippen molar-refractivity contribution in [1.29, 1.82) is 0 Å². The molecule has 0 atom stereocenters. The molecule has 0 aliphatic carbocycles. The Hall–Kier alpha value is -2.96.